The highest BCUT2D eigenvalue weighted by Gasteiger charge is 2.33. The molecular formula is C19H28N2O4S. The number of ether oxygens (including phenoxy) is 1. The molecule has 0 saturated heterocycles. The number of carbonyl (C=O) groups excluding carboxylic acids is 1. The first-order valence-electron chi connectivity index (χ1n) is 9.30. The Morgan fingerprint density at radius 2 is 1.92 bits per heavy atom. The summed E-state index contributed by atoms with van der Waals surface area (Å²) in [5, 5.41) is 2.65. The van der Waals surface area contributed by atoms with Crippen LogP contribution in [-0.2, 0) is 14.8 Å². The van der Waals surface area contributed by atoms with Crippen molar-refractivity contribution in [3.63, 3.8) is 0 Å². The third-order valence-electron chi connectivity index (χ3n) is 5.96. The molecule has 1 fully saturated rings. The van der Waals surface area contributed by atoms with Crippen molar-refractivity contribution in [1.29, 1.82) is 0 Å². The van der Waals surface area contributed by atoms with Crippen LogP contribution in [0, 0.1) is 11.3 Å². The van der Waals surface area contributed by atoms with E-state index in [1.807, 2.05) is 0 Å². The summed E-state index contributed by atoms with van der Waals surface area (Å²) in [7, 11) is -3.63. The third kappa shape index (κ3) is 4.04. The van der Waals surface area contributed by atoms with Crippen LogP contribution in [0.1, 0.15) is 52.9 Å². The van der Waals surface area contributed by atoms with Gasteiger partial charge < -0.3 is 10.1 Å². The van der Waals surface area contributed by atoms with Gasteiger partial charge >= 0.3 is 0 Å². The van der Waals surface area contributed by atoms with Crippen molar-refractivity contribution in [3.8, 4) is 5.75 Å². The maximum absolute atomic E-state index is 12.7. The molecule has 0 bridgehead atoms. The Morgan fingerprint density at radius 3 is 2.58 bits per heavy atom. The van der Waals surface area contributed by atoms with Crippen molar-refractivity contribution in [2.45, 2.75) is 63.8 Å². The molecule has 1 aliphatic heterocycles. The second kappa shape index (κ2) is 7.19. The summed E-state index contributed by atoms with van der Waals surface area (Å²) in [5.41, 5.74) is 0.707. The first kappa shape index (κ1) is 19.2. The second-order valence-corrected chi connectivity index (χ2v) is 9.72. The van der Waals surface area contributed by atoms with Crippen molar-refractivity contribution in [1.82, 2.24) is 4.72 Å². The fourth-order valence-electron chi connectivity index (χ4n) is 3.80. The summed E-state index contributed by atoms with van der Waals surface area (Å²) in [6, 6.07) is 4.53. The van der Waals surface area contributed by atoms with E-state index in [9.17, 15) is 13.2 Å². The lowest BCUT2D eigenvalue weighted by atomic mass is 9.69. The minimum Gasteiger partial charge on any atom is -0.482 e. The van der Waals surface area contributed by atoms with Crippen LogP contribution in [0.25, 0.3) is 0 Å². The number of amides is 1. The summed E-state index contributed by atoms with van der Waals surface area (Å²) < 4.78 is 33.6. The Hall–Kier alpha value is -1.60. The van der Waals surface area contributed by atoms with Crippen molar-refractivity contribution in [2.75, 3.05) is 11.9 Å². The Bertz CT molecular complexity index is 781. The van der Waals surface area contributed by atoms with E-state index >= 15 is 0 Å². The van der Waals surface area contributed by atoms with Crippen LogP contribution in [0.15, 0.2) is 23.1 Å². The van der Waals surface area contributed by atoms with Gasteiger partial charge in [0, 0.05) is 6.04 Å². The van der Waals surface area contributed by atoms with Crippen LogP contribution in [0.4, 0.5) is 5.69 Å². The lowest BCUT2D eigenvalue weighted by Crippen LogP contribution is -2.39. The minimum atomic E-state index is -3.63. The number of hydrogen-bond acceptors (Lipinski definition) is 4. The molecule has 2 aliphatic rings. The predicted molar refractivity (Wildman–Crippen MR) is 101 cm³/mol. The van der Waals surface area contributed by atoms with E-state index in [4.69, 9.17) is 4.74 Å². The Balaban J connectivity index is 1.67. The molecule has 144 valence electrons. The largest absolute Gasteiger partial charge is 0.482 e. The molecule has 1 amide bonds. The van der Waals surface area contributed by atoms with Gasteiger partial charge in [0.2, 0.25) is 10.0 Å². The molecular weight excluding hydrogens is 352 g/mol. The maximum atomic E-state index is 12.7. The van der Waals surface area contributed by atoms with E-state index in [1.165, 1.54) is 12.1 Å². The number of anilines is 1. The zero-order valence-corrected chi connectivity index (χ0v) is 16.5. The molecule has 1 aliphatic carbocycles. The van der Waals surface area contributed by atoms with Crippen LogP contribution in [0.2, 0.25) is 0 Å². The van der Waals surface area contributed by atoms with Crippen molar-refractivity contribution in [2.24, 2.45) is 11.3 Å². The second-order valence-electron chi connectivity index (χ2n) is 8.01. The van der Waals surface area contributed by atoms with Gasteiger partial charge in [-0.05, 0) is 55.2 Å². The average molecular weight is 381 g/mol. The molecule has 26 heavy (non-hydrogen) atoms. The van der Waals surface area contributed by atoms with Crippen molar-refractivity contribution < 1.29 is 17.9 Å². The molecule has 0 unspecified atom stereocenters. The van der Waals surface area contributed by atoms with Crippen LogP contribution >= 0.6 is 0 Å². The SMILES string of the molecule is CCC(C)(C)C1CCC(NS(=O)(=O)c2ccc3c(c2)NC(=O)CO3)CC1. The first-order chi connectivity index (χ1) is 12.2. The lowest BCUT2D eigenvalue weighted by molar-refractivity contribution is -0.118. The summed E-state index contributed by atoms with van der Waals surface area (Å²) in [4.78, 5) is 11.6. The summed E-state index contributed by atoms with van der Waals surface area (Å²) in [6.07, 6.45) is 4.94. The number of nitrogens with one attached hydrogen (secondary N) is 2. The molecule has 0 radical (unpaired) electrons. The maximum Gasteiger partial charge on any atom is 0.262 e. The lowest BCUT2D eigenvalue weighted by Gasteiger charge is -2.39. The van der Waals surface area contributed by atoms with Gasteiger partial charge in [0.05, 0.1) is 10.6 Å². The Morgan fingerprint density at radius 1 is 1.23 bits per heavy atom. The van der Waals surface area contributed by atoms with Crippen molar-refractivity contribution in [3.05, 3.63) is 18.2 Å². The fourth-order valence-corrected chi connectivity index (χ4v) is 5.13. The predicted octanol–water partition coefficient (Wildman–Crippen LogP) is 3.29. The molecule has 2 N–H and O–H groups in total. The molecule has 7 heteroatoms. The molecule has 1 aromatic carbocycles. The van der Waals surface area contributed by atoms with Gasteiger partial charge in [-0.1, -0.05) is 27.2 Å². The smallest absolute Gasteiger partial charge is 0.262 e. The number of sulfonamides is 1. The number of hydrogen-bond donors (Lipinski definition) is 2. The fraction of sp³-hybridized carbons (Fsp3) is 0.632. The molecule has 6 nitrogen and oxygen atoms in total. The van der Waals surface area contributed by atoms with E-state index in [0.717, 1.165) is 32.1 Å². The Labute approximate surface area is 155 Å². The molecule has 1 heterocycles. The monoisotopic (exact) mass is 380 g/mol. The average Bonchev–Trinajstić information content (AvgIpc) is 2.61. The standard InChI is InChI=1S/C19H28N2O4S/c1-4-19(2,3)13-5-7-14(8-6-13)21-26(23,24)15-9-10-17-16(11-15)20-18(22)12-25-17/h9-11,13-14,21H,4-8,12H2,1-3H3,(H,20,22). The summed E-state index contributed by atoms with van der Waals surface area (Å²) >= 11 is 0. The van der Waals surface area contributed by atoms with Gasteiger partial charge in [-0.3, -0.25) is 4.79 Å². The highest BCUT2D eigenvalue weighted by Crippen LogP contribution is 2.40. The highest BCUT2D eigenvalue weighted by molar-refractivity contribution is 7.89. The number of carbonyl (C=O) groups is 1. The van der Waals surface area contributed by atoms with E-state index in [2.05, 4.69) is 30.8 Å². The van der Waals surface area contributed by atoms with Crippen molar-refractivity contribution >= 4 is 21.6 Å². The van der Waals surface area contributed by atoms with Crippen LogP contribution < -0.4 is 14.8 Å². The van der Waals surface area contributed by atoms with E-state index in [-0.39, 0.29) is 23.5 Å². The summed E-state index contributed by atoms with van der Waals surface area (Å²) in [5.74, 6) is 0.854. The van der Waals surface area contributed by atoms with Crippen LogP contribution in [-0.4, -0.2) is 27.0 Å². The normalized spacial score (nSPS) is 23.7. The zero-order chi connectivity index (χ0) is 18.9. The highest BCUT2D eigenvalue weighted by atomic mass is 32.2. The first-order valence-corrected chi connectivity index (χ1v) is 10.8. The molecule has 0 spiro atoms. The molecule has 0 aromatic heterocycles. The van der Waals surface area contributed by atoms with Gasteiger partial charge in [-0.25, -0.2) is 13.1 Å². The van der Waals surface area contributed by atoms with E-state index < -0.39 is 10.0 Å². The summed E-state index contributed by atoms with van der Waals surface area (Å²) in [6.45, 7) is 6.76. The van der Waals surface area contributed by atoms with Crippen LogP contribution in [0.5, 0.6) is 5.75 Å². The molecule has 3 rings (SSSR count). The van der Waals surface area contributed by atoms with Gasteiger partial charge in [-0.15, -0.1) is 0 Å². The number of fused-ring (bicyclic) bond motifs is 1. The number of benzene rings is 1. The van der Waals surface area contributed by atoms with E-state index in [0.29, 0.717) is 22.8 Å². The minimum absolute atomic E-state index is 0.0363. The Kier molecular flexibility index (Phi) is 5.30. The molecule has 1 aromatic rings. The topological polar surface area (TPSA) is 84.5 Å². The molecule has 1 saturated carbocycles. The number of rotatable bonds is 5. The zero-order valence-electron chi connectivity index (χ0n) is 15.7. The van der Waals surface area contributed by atoms with E-state index in [1.54, 1.807) is 6.07 Å². The van der Waals surface area contributed by atoms with Gasteiger partial charge in [0.15, 0.2) is 6.61 Å². The van der Waals surface area contributed by atoms with Gasteiger partial charge in [0.1, 0.15) is 5.75 Å². The third-order valence-corrected chi connectivity index (χ3v) is 7.48. The van der Waals surface area contributed by atoms with Crippen LogP contribution in [0.3, 0.4) is 0 Å². The van der Waals surface area contributed by atoms with Gasteiger partial charge in [0.25, 0.3) is 5.91 Å². The quantitative estimate of drug-likeness (QED) is 0.821. The van der Waals surface area contributed by atoms with Gasteiger partial charge in [-0.2, -0.15) is 0 Å². The molecule has 0 atom stereocenters.